The van der Waals surface area contributed by atoms with Gasteiger partial charge in [-0.05, 0) is 49.9 Å². The lowest BCUT2D eigenvalue weighted by molar-refractivity contribution is -0.122. The number of hydrogen-bond donors (Lipinski definition) is 0. The lowest BCUT2D eigenvalue weighted by Gasteiger charge is -2.19. The number of benzene rings is 2. The van der Waals surface area contributed by atoms with Crippen molar-refractivity contribution in [3.63, 3.8) is 0 Å². The molecule has 2 aromatic rings. The Balaban J connectivity index is 1.51. The van der Waals surface area contributed by atoms with E-state index in [9.17, 15) is 4.79 Å². The van der Waals surface area contributed by atoms with Crippen molar-refractivity contribution in [3.05, 3.63) is 46.3 Å². The first-order chi connectivity index (χ1) is 15.6. The molecule has 0 spiro atoms. The van der Waals surface area contributed by atoms with Gasteiger partial charge in [0.1, 0.15) is 28.9 Å². The lowest BCUT2D eigenvalue weighted by atomic mass is 10.2. The first-order valence-corrected chi connectivity index (χ1v) is 12.1. The second-order valence-electron chi connectivity index (χ2n) is 7.19. The number of carbonyl (C=O) groups excluding carboxylic acids is 1. The van der Waals surface area contributed by atoms with Crippen LogP contribution >= 0.6 is 23.5 Å². The van der Waals surface area contributed by atoms with Crippen LogP contribution in [0.5, 0.6) is 17.2 Å². The fraction of sp³-hybridized carbons (Fsp3) is 0.304. The molecule has 9 heteroatoms. The standard InChI is InChI=1S/C23H23N3O4S2/c1-4-25-16-13-15(28-3)7-9-19(16)31-22(25)20-21(27)26(5-2)23(32-20)24-14-6-8-17-18(12-14)30-11-10-29-17/h6-9,12-13H,4-5,10-11H2,1-3H3/b22-20+,24-23?. The molecule has 1 fully saturated rings. The van der Waals surface area contributed by atoms with Crippen LogP contribution in [0.25, 0.3) is 0 Å². The number of thioether (sulfide) groups is 2. The molecule has 0 N–H and O–H groups in total. The number of aliphatic imine (C=N–C) groups is 1. The monoisotopic (exact) mass is 469 g/mol. The van der Waals surface area contributed by atoms with Gasteiger partial charge in [0.2, 0.25) is 0 Å². The van der Waals surface area contributed by atoms with E-state index in [1.807, 2.05) is 43.3 Å². The largest absolute Gasteiger partial charge is 0.497 e. The summed E-state index contributed by atoms with van der Waals surface area (Å²) in [5, 5.41) is 1.61. The first kappa shape index (κ1) is 21.1. The van der Waals surface area contributed by atoms with Gasteiger partial charge in [0.05, 0.1) is 18.5 Å². The fourth-order valence-electron chi connectivity index (χ4n) is 3.78. The third kappa shape index (κ3) is 3.59. The van der Waals surface area contributed by atoms with Crippen molar-refractivity contribution in [2.75, 3.05) is 38.3 Å². The Morgan fingerprint density at radius 1 is 1.00 bits per heavy atom. The summed E-state index contributed by atoms with van der Waals surface area (Å²) in [7, 11) is 1.66. The van der Waals surface area contributed by atoms with Crippen molar-refractivity contribution in [1.29, 1.82) is 0 Å². The lowest BCUT2D eigenvalue weighted by Crippen LogP contribution is -2.29. The molecule has 0 atom stereocenters. The number of likely N-dealkylation sites (N-methyl/N-ethyl adjacent to an activating group) is 1. The zero-order valence-corrected chi connectivity index (χ0v) is 19.7. The van der Waals surface area contributed by atoms with Crippen LogP contribution in [0.15, 0.2) is 56.2 Å². The highest BCUT2D eigenvalue weighted by atomic mass is 32.2. The molecule has 32 heavy (non-hydrogen) atoms. The first-order valence-electron chi connectivity index (χ1n) is 10.5. The highest BCUT2D eigenvalue weighted by Gasteiger charge is 2.39. The van der Waals surface area contributed by atoms with Gasteiger partial charge in [-0.15, -0.1) is 0 Å². The molecule has 0 bridgehead atoms. The number of nitrogens with zero attached hydrogens (tertiary/aromatic N) is 3. The quantitative estimate of drug-likeness (QED) is 0.593. The van der Waals surface area contributed by atoms with E-state index in [0.717, 1.165) is 39.3 Å². The topological polar surface area (TPSA) is 63.6 Å². The van der Waals surface area contributed by atoms with E-state index in [1.54, 1.807) is 23.8 Å². The van der Waals surface area contributed by atoms with E-state index in [1.165, 1.54) is 11.8 Å². The molecule has 0 unspecified atom stereocenters. The fourth-order valence-corrected chi connectivity index (χ4v) is 6.22. The van der Waals surface area contributed by atoms with Gasteiger partial charge in [-0.2, -0.15) is 0 Å². The summed E-state index contributed by atoms with van der Waals surface area (Å²) in [6, 6.07) is 11.6. The Kier molecular flexibility index (Phi) is 5.69. The predicted molar refractivity (Wildman–Crippen MR) is 128 cm³/mol. The number of fused-ring (bicyclic) bond motifs is 2. The molecule has 0 aliphatic carbocycles. The van der Waals surface area contributed by atoms with Gasteiger partial charge < -0.3 is 19.1 Å². The van der Waals surface area contributed by atoms with Crippen molar-refractivity contribution in [1.82, 2.24) is 4.90 Å². The summed E-state index contributed by atoms with van der Waals surface area (Å²) < 4.78 is 16.7. The molecule has 7 nitrogen and oxygen atoms in total. The molecular weight excluding hydrogens is 446 g/mol. The van der Waals surface area contributed by atoms with E-state index in [2.05, 4.69) is 11.8 Å². The third-order valence-corrected chi connectivity index (χ3v) is 7.73. The van der Waals surface area contributed by atoms with Crippen molar-refractivity contribution in [2.45, 2.75) is 18.7 Å². The molecule has 166 valence electrons. The van der Waals surface area contributed by atoms with Gasteiger partial charge in [0.25, 0.3) is 5.91 Å². The van der Waals surface area contributed by atoms with E-state index < -0.39 is 0 Å². The second kappa shape index (κ2) is 8.63. The summed E-state index contributed by atoms with van der Waals surface area (Å²) in [4.78, 5) is 23.8. The molecule has 0 saturated carbocycles. The average molecular weight is 470 g/mol. The zero-order valence-electron chi connectivity index (χ0n) is 18.1. The Morgan fingerprint density at radius 2 is 1.78 bits per heavy atom. The minimum Gasteiger partial charge on any atom is -0.497 e. The summed E-state index contributed by atoms with van der Waals surface area (Å²) >= 11 is 3.04. The summed E-state index contributed by atoms with van der Waals surface area (Å²) in [6.07, 6.45) is 0. The van der Waals surface area contributed by atoms with Crippen LogP contribution in [0.1, 0.15) is 13.8 Å². The maximum Gasteiger partial charge on any atom is 0.269 e. The van der Waals surface area contributed by atoms with Crippen LogP contribution in [-0.2, 0) is 4.79 Å². The number of hydrogen-bond acceptors (Lipinski definition) is 8. The van der Waals surface area contributed by atoms with Crippen LogP contribution in [0, 0.1) is 0 Å². The minimum atomic E-state index is -0.0190. The van der Waals surface area contributed by atoms with Crippen LogP contribution in [0.4, 0.5) is 11.4 Å². The van der Waals surface area contributed by atoms with E-state index in [-0.39, 0.29) is 5.91 Å². The molecule has 1 amide bonds. The number of rotatable bonds is 4. The number of ether oxygens (including phenoxy) is 3. The average Bonchev–Trinajstić information content (AvgIpc) is 3.34. The van der Waals surface area contributed by atoms with Crippen LogP contribution in [0.2, 0.25) is 0 Å². The van der Waals surface area contributed by atoms with Crippen molar-refractivity contribution >= 4 is 46.0 Å². The summed E-state index contributed by atoms with van der Waals surface area (Å²) in [6.45, 7) is 6.41. The highest BCUT2D eigenvalue weighted by molar-refractivity contribution is 8.19. The number of amides is 1. The number of methoxy groups -OCH3 is 1. The number of anilines is 1. The smallest absolute Gasteiger partial charge is 0.269 e. The normalized spacial score (nSPS) is 20.8. The van der Waals surface area contributed by atoms with Gasteiger partial charge in [0.15, 0.2) is 16.7 Å². The molecule has 1 saturated heterocycles. The molecule has 3 aliphatic rings. The van der Waals surface area contributed by atoms with E-state index >= 15 is 0 Å². The zero-order chi connectivity index (χ0) is 22.2. The molecule has 0 radical (unpaired) electrons. The van der Waals surface area contributed by atoms with Crippen LogP contribution in [0.3, 0.4) is 0 Å². The number of carbonyl (C=O) groups is 1. The van der Waals surface area contributed by atoms with E-state index in [4.69, 9.17) is 19.2 Å². The predicted octanol–water partition coefficient (Wildman–Crippen LogP) is 4.85. The Labute approximate surface area is 195 Å². The Morgan fingerprint density at radius 3 is 2.53 bits per heavy atom. The molecular formula is C23H23N3O4S2. The summed E-state index contributed by atoms with van der Waals surface area (Å²) in [5.41, 5.74) is 1.79. The molecule has 5 rings (SSSR count). The molecule has 3 aliphatic heterocycles. The van der Waals surface area contributed by atoms with Crippen LogP contribution in [-0.4, -0.2) is 49.4 Å². The maximum absolute atomic E-state index is 13.3. The van der Waals surface area contributed by atoms with Crippen molar-refractivity contribution in [2.24, 2.45) is 4.99 Å². The maximum atomic E-state index is 13.3. The van der Waals surface area contributed by atoms with Gasteiger partial charge in [-0.3, -0.25) is 9.69 Å². The van der Waals surface area contributed by atoms with Gasteiger partial charge in [0, 0.05) is 30.1 Å². The Bertz CT molecular complexity index is 1150. The molecule has 2 aromatic carbocycles. The molecule has 0 aromatic heterocycles. The molecule has 3 heterocycles. The van der Waals surface area contributed by atoms with Crippen molar-refractivity contribution in [3.8, 4) is 17.2 Å². The van der Waals surface area contributed by atoms with Gasteiger partial charge in [-0.25, -0.2) is 4.99 Å². The minimum absolute atomic E-state index is 0.0190. The van der Waals surface area contributed by atoms with Crippen molar-refractivity contribution < 1.29 is 19.0 Å². The summed E-state index contributed by atoms with van der Waals surface area (Å²) in [5.74, 6) is 2.19. The third-order valence-electron chi connectivity index (χ3n) is 5.35. The van der Waals surface area contributed by atoms with Gasteiger partial charge >= 0.3 is 0 Å². The number of amidine groups is 1. The SMILES string of the molecule is CCN1C(=O)/C(=C2\Sc3ccc(OC)cc3N2CC)SC1=Nc1ccc2c(c1)OCCO2. The highest BCUT2D eigenvalue weighted by Crippen LogP contribution is 2.51. The Hall–Kier alpha value is -2.78. The van der Waals surface area contributed by atoms with Gasteiger partial charge in [-0.1, -0.05) is 11.8 Å². The van der Waals surface area contributed by atoms with E-state index in [0.29, 0.717) is 35.6 Å². The van der Waals surface area contributed by atoms with Crippen LogP contribution < -0.4 is 19.1 Å². The second-order valence-corrected chi connectivity index (χ2v) is 9.20.